The zero-order chi connectivity index (χ0) is 60.7. The van der Waals surface area contributed by atoms with Crippen molar-refractivity contribution < 1.29 is 18.6 Å². The second-order valence-electron chi connectivity index (χ2n) is 28.9. The number of benzene rings is 4. The first-order valence-electron chi connectivity index (χ1n) is 34.9. The number of hydrogen-bond acceptors (Lipinski definition) is 6. The number of hydrogen-bond donors (Lipinski definition) is 0. The van der Waals surface area contributed by atoms with E-state index in [1.54, 1.807) is 11.1 Å². The van der Waals surface area contributed by atoms with Crippen molar-refractivity contribution in [3.8, 4) is 52.9 Å². The first kappa shape index (κ1) is 65.2. The third kappa shape index (κ3) is 13.6. The van der Waals surface area contributed by atoms with Crippen LogP contribution in [0.5, 0.6) is 0 Å². The molecule has 8 heteroatoms. The molecule has 10 rings (SSSR count). The Morgan fingerprint density at radius 2 is 0.547 bits per heavy atom. The summed E-state index contributed by atoms with van der Waals surface area (Å²) in [5.74, 6) is 0. The molecular weight excluding hydrogens is 1090 g/mol. The Kier molecular flexibility index (Phi) is 21.4. The summed E-state index contributed by atoms with van der Waals surface area (Å²) in [6, 6.07) is 39.2. The summed E-state index contributed by atoms with van der Waals surface area (Å²) in [5.41, 5.74) is 15.1. The van der Waals surface area contributed by atoms with E-state index in [1.807, 2.05) is 22.7 Å². The SMILES string of the molecule is CCCCCCCCC1(CCCCCCCC)c2cc(B3OC(C)(C)C(C)(C)O3)ccc2-c2ccc(-c3ccc(-c4ccc(-c5ccc6c(c5)C(CCCCCCCC)(CCCCCCCC)c5cc(B7OC(C)(C)C(C)(C)O7)ccc5-6)s4)s3)cc21. The van der Waals surface area contributed by atoms with E-state index in [0.29, 0.717) is 0 Å². The third-order valence-electron chi connectivity index (χ3n) is 21.7. The van der Waals surface area contributed by atoms with Crippen molar-refractivity contribution in [2.75, 3.05) is 0 Å². The highest BCUT2D eigenvalue weighted by atomic mass is 32.1. The maximum absolute atomic E-state index is 6.76. The second-order valence-corrected chi connectivity index (χ2v) is 31.0. The van der Waals surface area contributed by atoms with E-state index in [9.17, 15) is 0 Å². The van der Waals surface area contributed by atoms with Crippen LogP contribution < -0.4 is 10.9 Å². The second kappa shape index (κ2) is 28.2. The molecule has 0 unspecified atom stereocenters. The summed E-state index contributed by atoms with van der Waals surface area (Å²) < 4.78 is 27.0. The van der Waals surface area contributed by atoms with Crippen LogP contribution in [0.15, 0.2) is 97.1 Å². The first-order chi connectivity index (χ1) is 41.4. The highest BCUT2D eigenvalue weighted by Gasteiger charge is 2.54. The van der Waals surface area contributed by atoms with Gasteiger partial charge in [0.05, 0.1) is 22.4 Å². The van der Waals surface area contributed by atoms with Crippen LogP contribution in [0.25, 0.3) is 52.9 Å². The summed E-state index contributed by atoms with van der Waals surface area (Å²) in [7, 11) is -0.762. The topological polar surface area (TPSA) is 36.9 Å². The monoisotopic (exact) mass is 1190 g/mol. The molecule has 0 spiro atoms. The smallest absolute Gasteiger partial charge is 0.399 e. The molecule has 0 bridgehead atoms. The molecule has 0 radical (unpaired) electrons. The molecule has 4 aliphatic rings. The molecule has 0 N–H and O–H groups in total. The quantitative estimate of drug-likeness (QED) is 0.0304. The molecule has 0 amide bonds. The van der Waals surface area contributed by atoms with Gasteiger partial charge < -0.3 is 18.6 Å². The van der Waals surface area contributed by atoms with Crippen molar-refractivity contribution in [1.29, 1.82) is 0 Å². The average molecular weight is 1200 g/mol. The van der Waals surface area contributed by atoms with Crippen LogP contribution in [0.2, 0.25) is 0 Å². The zero-order valence-corrected chi connectivity index (χ0v) is 57.3. The standard InChI is InChI=1S/C78H108B2O4S2/c1-13-17-21-25-29-33-49-77(50-34-30-26-22-18-14-2)65-53-57(37-41-61(65)63-43-39-59(55-67(63)77)79-81-73(5,6)74(7,8)82-79)69-45-47-71(85-69)72-48-46-70(86-72)58-38-42-62-64-44-40-60(80-83-75(9,10)76(11,12)84-80)56-68(64)78(66(62)54-58,51-35-31-27-23-19-15-3)52-36-32-28-24-20-16-4/h37-48,53-56H,13-36,49-52H2,1-12H3. The van der Waals surface area contributed by atoms with Gasteiger partial charge in [-0.25, -0.2) is 0 Å². The summed E-state index contributed by atoms with van der Waals surface area (Å²) in [5, 5.41) is 0. The molecule has 0 saturated carbocycles. The molecule has 462 valence electrons. The van der Waals surface area contributed by atoms with Gasteiger partial charge in [0.1, 0.15) is 0 Å². The summed E-state index contributed by atoms with van der Waals surface area (Å²) in [4.78, 5) is 5.40. The lowest BCUT2D eigenvalue weighted by molar-refractivity contribution is 0.00578. The largest absolute Gasteiger partial charge is 0.494 e. The van der Waals surface area contributed by atoms with Gasteiger partial charge in [-0.3, -0.25) is 0 Å². The molecular formula is C78H108B2O4S2. The number of thiophene rings is 2. The lowest BCUT2D eigenvalue weighted by Gasteiger charge is -2.33. The van der Waals surface area contributed by atoms with Crippen molar-refractivity contribution in [2.24, 2.45) is 0 Å². The molecule has 2 fully saturated rings. The fraction of sp³-hybridized carbons (Fsp3) is 0.590. The average Bonchev–Trinajstić information content (AvgIpc) is 1.59. The molecule has 2 aliphatic heterocycles. The van der Waals surface area contributed by atoms with Crippen LogP contribution in [0.3, 0.4) is 0 Å². The van der Waals surface area contributed by atoms with Crippen LogP contribution in [-0.4, -0.2) is 36.6 Å². The minimum Gasteiger partial charge on any atom is -0.399 e. The molecule has 6 aromatic rings. The molecule has 2 aliphatic carbocycles. The van der Waals surface area contributed by atoms with E-state index in [-0.39, 0.29) is 25.1 Å². The Labute approximate surface area is 531 Å². The highest BCUT2D eigenvalue weighted by Crippen LogP contribution is 2.58. The molecule has 86 heavy (non-hydrogen) atoms. The van der Waals surface area contributed by atoms with Gasteiger partial charge >= 0.3 is 14.2 Å². The Morgan fingerprint density at radius 1 is 0.291 bits per heavy atom. The van der Waals surface area contributed by atoms with Crippen molar-refractivity contribution >= 4 is 47.8 Å². The molecule has 4 aromatic carbocycles. The van der Waals surface area contributed by atoms with E-state index in [4.69, 9.17) is 18.6 Å². The first-order valence-corrected chi connectivity index (χ1v) is 36.6. The van der Waals surface area contributed by atoms with Crippen LogP contribution in [0.1, 0.15) is 285 Å². The van der Waals surface area contributed by atoms with Crippen LogP contribution in [-0.2, 0) is 29.4 Å². The van der Waals surface area contributed by atoms with Gasteiger partial charge in [0.15, 0.2) is 0 Å². The Balaban J connectivity index is 0.972. The molecule has 2 aromatic heterocycles. The minimum absolute atomic E-state index is 0.0633. The van der Waals surface area contributed by atoms with Gasteiger partial charge in [-0.2, -0.15) is 0 Å². The Morgan fingerprint density at radius 3 is 0.849 bits per heavy atom. The van der Waals surface area contributed by atoms with Gasteiger partial charge in [0, 0.05) is 30.3 Å². The number of unbranched alkanes of at least 4 members (excludes halogenated alkanes) is 20. The summed E-state index contributed by atoms with van der Waals surface area (Å²) >= 11 is 3.93. The molecule has 2 saturated heterocycles. The predicted molar refractivity (Wildman–Crippen MR) is 374 cm³/mol. The van der Waals surface area contributed by atoms with E-state index in [0.717, 1.165) is 10.9 Å². The van der Waals surface area contributed by atoms with E-state index in [2.05, 4.69) is 180 Å². The summed E-state index contributed by atoms with van der Waals surface area (Å²) in [6.45, 7) is 26.7. The zero-order valence-electron chi connectivity index (χ0n) is 55.6. The lowest BCUT2D eigenvalue weighted by atomic mass is 9.68. The number of rotatable bonds is 33. The minimum atomic E-state index is -0.392. The maximum Gasteiger partial charge on any atom is 0.494 e. The normalized spacial score (nSPS) is 18.0. The summed E-state index contributed by atoms with van der Waals surface area (Å²) in [6.07, 6.45) is 35.9. The van der Waals surface area contributed by atoms with Crippen LogP contribution in [0.4, 0.5) is 0 Å². The Hall–Kier alpha value is -3.75. The van der Waals surface area contributed by atoms with Gasteiger partial charge in [-0.15, -0.1) is 22.7 Å². The van der Waals surface area contributed by atoms with Crippen molar-refractivity contribution in [3.05, 3.63) is 119 Å². The molecule has 4 nitrogen and oxygen atoms in total. The van der Waals surface area contributed by atoms with Crippen molar-refractivity contribution in [1.82, 2.24) is 0 Å². The highest BCUT2D eigenvalue weighted by molar-refractivity contribution is 7.25. The van der Waals surface area contributed by atoms with Crippen LogP contribution >= 0.6 is 22.7 Å². The van der Waals surface area contributed by atoms with Crippen LogP contribution in [0, 0.1) is 0 Å². The van der Waals surface area contributed by atoms with Gasteiger partial charge in [0.2, 0.25) is 0 Å². The van der Waals surface area contributed by atoms with Gasteiger partial charge in [-0.1, -0.05) is 242 Å². The third-order valence-corrected chi connectivity index (χ3v) is 24.1. The predicted octanol–water partition coefficient (Wildman–Crippen LogP) is 22.9. The van der Waals surface area contributed by atoms with Gasteiger partial charge in [0.25, 0.3) is 0 Å². The fourth-order valence-electron chi connectivity index (χ4n) is 15.0. The molecule has 4 heterocycles. The van der Waals surface area contributed by atoms with E-state index < -0.39 is 22.4 Å². The lowest BCUT2D eigenvalue weighted by Crippen LogP contribution is -2.41. The van der Waals surface area contributed by atoms with E-state index >= 15 is 0 Å². The van der Waals surface area contributed by atoms with E-state index in [1.165, 1.54) is 244 Å². The van der Waals surface area contributed by atoms with Crippen molar-refractivity contribution in [3.63, 3.8) is 0 Å². The fourth-order valence-corrected chi connectivity index (χ4v) is 17.1. The maximum atomic E-state index is 6.76. The number of fused-ring (bicyclic) bond motifs is 6. The van der Waals surface area contributed by atoms with Gasteiger partial charge in [-0.05, 0) is 184 Å². The molecule has 0 atom stereocenters. The Bertz CT molecular complexity index is 2920. The van der Waals surface area contributed by atoms with Crippen molar-refractivity contribution in [2.45, 2.75) is 296 Å².